The highest BCUT2D eigenvalue weighted by Crippen LogP contribution is 2.29. The summed E-state index contributed by atoms with van der Waals surface area (Å²) < 4.78 is 20.4. The van der Waals surface area contributed by atoms with Gasteiger partial charge in [0.2, 0.25) is 5.88 Å². The van der Waals surface area contributed by atoms with E-state index in [-0.39, 0.29) is 35.1 Å². The van der Waals surface area contributed by atoms with Gasteiger partial charge in [-0.2, -0.15) is 0 Å². The molecule has 0 saturated carbocycles. The number of ether oxygens (including phenoxy) is 3. The summed E-state index contributed by atoms with van der Waals surface area (Å²) in [5, 5.41) is 2.38. The Labute approximate surface area is 177 Å². The van der Waals surface area contributed by atoms with Crippen molar-refractivity contribution < 1.29 is 37.8 Å². The van der Waals surface area contributed by atoms with Gasteiger partial charge in [0, 0.05) is 13.0 Å². The molecule has 3 N–H and O–H groups in total. The lowest BCUT2D eigenvalue weighted by Crippen LogP contribution is -2.19. The third kappa shape index (κ3) is 5.72. The summed E-state index contributed by atoms with van der Waals surface area (Å²) in [6.07, 6.45) is 2.63. The van der Waals surface area contributed by atoms with E-state index >= 15 is 0 Å². The number of methoxy groups -OCH3 is 1. The van der Waals surface area contributed by atoms with E-state index in [4.69, 9.17) is 24.4 Å². The molecule has 0 atom stereocenters. The summed E-state index contributed by atoms with van der Waals surface area (Å²) in [5.41, 5.74) is 5.52. The van der Waals surface area contributed by atoms with E-state index in [9.17, 15) is 19.2 Å². The molecular formula is C21H22N2O8. The second kappa shape index (κ2) is 10.1. The summed E-state index contributed by atoms with van der Waals surface area (Å²) in [7, 11) is 1.41. The Balaban J connectivity index is 2.24. The number of anilines is 1. The zero-order valence-corrected chi connectivity index (χ0v) is 17.4. The van der Waals surface area contributed by atoms with Crippen LogP contribution >= 0.6 is 0 Å². The largest absolute Gasteiger partial charge is 0.493 e. The maximum Gasteiger partial charge on any atom is 0.342 e. The number of nitrogens with two attached hydrogens (primary N) is 1. The van der Waals surface area contributed by atoms with Crippen LogP contribution in [0.15, 0.2) is 28.7 Å². The number of aryl methyl sites for hydroxylation is 1. The molecule has 0 aliphatic rings. The van der Waals surface area contributed by atoms with Crippen LogP contribution in [-0.2, 0) is 14.3 Å². The zero-order valence-electron chi connectivity index (χ0n) is 17.4. The summed E-state index contributed by atoms with van der Waals surface area (Å²) in [6, 6.07) is 4.69. The maximum atomic E-state index is 12.3. The van der Waals surface area contributed by atoms with Crippen LogP contribution in [0.4, 0.5) is 5.88 Å². The molecule has 0 aliphatic carbocycles. The Hall–Kier alpha value is -4.08. The van der Waals surface area contributed by atoms with Crippen molar-refractivity contribution in [2.24, 2.45) is 5.73 Å². The molecule has 1 aromatic carbocycles. The van der Waals surface area contributed by atoms with Gasteiger partial charge in [0.1, 0.15) is 16.9 Å². The molecule has 2 aromatic rings. The second-order valence-corrected chi connectivity index (χ2v) is 6.15. The van der Waals surface area contributed by atoms with Crippen molar-refractivity contribution in [3.05, 3.63) is 46.7 Å². The lowest BCUT2D eigenvalue weighted by Gasteiger charge is -2.08. The summed E-state index contributed by atoms with van der Waals surface area (Å²) in [5.74, 6) is -2.52. The van der Waals surface area contributed by atoms with E-state index in [2.05, 4.69) is 5.32 Å². The number of primary amides is 1. The molecule has 0 unspecified atom stereocenters. The average Bonchev–Trinajstić information content (AvgIpc) is 3.02. The van der Waals surface area contributed by atoms with E-state index in [0.717, 1.165) is 0 Å². The van der Waals surface area contributed by atoms with Gasteiger partial charge in [0.15, 0.2) is 11.5 Å². The monoisotopic (exact) mass is 430 g/mol. The van der Waals surface area contributed by atoms with Gasteiger partial charge in [0.25, 0.3) is 11.8 Å². The first-order valence-corrected chi connectivity index (χ1v) is 9.13. The van der Waals surface area contributed by atoms with Gasteiger partial charge in [-0.3, -0.25) is 19.7 Å². The molecule has 2 amide bonds. The summed E-state index contributed by atoms with van der Waals surface area (Å²) in [4.78, 5) is 47.4. The van der Waals surface area contributed by atoms with Crippen LogP contribution in [-0.4, -0.2) is 37.5 Å². The van der Waals surface area contributed by atoms with Crippen LogP contribution in [0.3, 0.4) is 0 Å². The molecule has 164 valence electrons. The Morgan fingerprint density at radius 2 is 1.87 bits per heavy atom. The first-order chi connectivity index (χ1) is 14.7. The van der Waals surface area contributed by atoms with Gasteiger partial charge in [-0.1, -0.05) is 6.07 Å². The Kier molecular flexibility index (Phi) is 7.56. The smallest absolute Gasteiger partial charge is 0.342 e. The molecule has 10 nitrogen and oxygen atoms in total. The lowest BCUT2D eigenvalue weighted by molar-refractivity contribution is -0.132. The fraction of sp³-hybridized carbons (Fsp3) is 0.238. The Morgan fingerprint density at radius 3 is 2.45 bits per heavy atom. The van der Waals surface area contributed by atoms with E-state index in [1.807, 2.05) is 0 Å². The molecule has 0 saturated heterocycles. The molecule has 31 heavy (non-hydrogen) atoms. The molecular weight excluding hydrogens is 408 g/mol. The summed E-state index contributed by atoms with van der Waals surface area (Å²) in [6.45, 7) is 4.41. The quantitative estimate of drug-likeness (QED) is 0.369. The number of carbonyl (C=O) groups excluding carboxylic acids is 4. The highest BCUT2D eigenvalue weighted by atomic mass is 16.6. The van der Waals surface area contributed by atoms with Crippen molar-refractivity contribution in [3.63, 3.8) is 0 Å². The van der Waals surface area contributed by atoms with Crippen LogP contribution in [0.1, 0.15) is 45.9 Å². The topological polar surface area (TPSA) is 147 Å². The average molecular weight is 430 g/mol. The Morgan fingerprint density at radius 1 is 1.16 bits per heavy atom. The fourth-order valence-corrected chi connectivity index (χ4v) is 2.67. The summed E-state index contributed by atoms with van der Waals surface area (Å²) >= 11 is 0. The highest BCUT2D eigenvalue weighted by Gasteiger charge is 2.28. The van der Waals surface area contributed by atoms with Crippen molar-refractivity contribution in [3.8, 4) is 11.5 Å². The lowest BCUT2D eigenvalue weighted by atomic mass is 10.1. The fourth-order valence-electron chi connectivity index (χ4n) is 2.67. The minimum Gasteiger partial charge on any atom is -0.493 e. The van der Waals surface area contributed by atoms with Gasteiger partial charge in [-0.15, -0.1) is 0 Å². The van der Waals surface area contributed by atoms with Crippen LogP contribution in [0.2, 0.25) is 0 Å². The standard InChI is InChI=1S/C21H22N2O8/c1-5-29-21(27)17-11(2)30-20(18(17)19(22)26)23-16(25)9-7-13-6-8-14(31-12(3)24)15(10-13)28-4/h6-10H,5H2,1-4H3,(H2,22,26)(H,23,25)/b9-7+. The number of amides is 2. The minimum absolute atomic E-state index is 0.0809. The van der Waals surface area contributed by atoms with Crippen molar-refractivity contribution in [1.29, 1.82) is 0 Å². The predicted octanol–water partition coefficient (Wildman–Crippen LogP) is 2.45. The molecule has 0 spiro atoms. The van der Waals surface area contributed by atoms with Crippen molar-refractivity contribution >= 4 is 35.7 Å². The number of furan rings is 1. The van der Waals surface area contributed by atoms with Crippen LogP contribution in [0.5, 0.6) is 11.5 Å². The number of benzene rings is 1. The second-order valence-electron chi connectivity index (χ2n) is 6.15. The zero-order chi connectivity index (χ0) is 23.1. The van der Waals surface area contributed by atoms with Gasteiger partial charge < -0.3 is 24.4 Å². The third-order valence-electron chi connectivity index (χ3n) is 3.92. The molecule has 1 heterocycles. The molecule has 1 aromatic heterocycles. The number of nitrogens with one attached hydrogen (secondary N) is 1. The molecule has 0 aliphatic heterocycles. The van der Waals surface area contributed by atoms with Crippen LogP contribution < -0.4 is 20.5 Å². The number of hydrogen-bond acceptors (Lipinski definition) is 8. The van der Waals surface area contributed by atoms with Gasteiger partial charge >= 0.3 is 11.9 Å². The molecule has 0 radical (unpaired) electrons. The van der Waals surface area contributed by atoms with E-state index in [1.165, 1.54) is 39.2 Å². The van der Waals surface area contributed by atoms with Crippen molar-refractivity contribution in [1.82, 2.24) is 0 Å². The van der Waals surface area contributed by atoms with Crippen molar-refractivity contribution in [2.45, 2.75) is 20.8 Å². The van der Waals surface area contributed by atoms with E-state index in [0.29, 0.717) is 11.3 Å². The first-order valence-electron chi connectivity index (χ1n) is 9.13. The number of carbonyl (C=O) groups is 4. The van der Waals surface area contributed by atoms with Gasteiger partial charge in [0.05, 0.1) is 13.7 Å². The van der Waals surface area contributed by atoms with Gasteiger partial charge in [-0.05, 0) is 37.6 Å². The molecule has 0 bridgehead atoms. The highest BCUT2D eigenvalue weighted by molar-refractivity contribution is 6.12. The minimum atomic E-state index is -0.954. The Bertz CT molecular complexity index is 1050. The SMILES string of the molecule is CCOC(=O)c1c(C)oc(NC(=O)/C=C/c2ccc(OC(C)=O)c(OC)c2)c1C(N)=O. The molecule has 0 fully saturated rings. The maximum absolute atomic E-state index is 12.3. The van der Waals surface area contributed by atoms with Gasteiger partial charge in [-0.25, -0.2) is 4.79 Å². The first kappa shape index (κ1) is 23.2. The normalized spacial score (nSPS) is 10.6. The van der Waals surface area contributed by atoms with Crippen LogP contribution in [0, 0.1) is 6.92 Å². The number of rotatable bonds is 8. The predicted molar refractivity (Wildman–Crippen MR) is 110 cm³/mol. The van der Waals surface area contributed by atoms with Crippen molar-refractivity contribution in [2.75, 3.05) is 19.0 Å². The van der Waals surface area contributed by atoms with E-state index < -0.39 is 23.8 Å². The molecule has 10 heteroatoms. The third-order valence-corrected chi connectivity index (χ3v) is 3.92. The number of esters is 2. The van der Waals surface area contributed by atoms with Crippen LogP contribution in [0.25, 0.3) is 6.08 Å². The van der Waals surface area contributed by atoms with E-state index in [1.54, 1.807) is 19.1 Å². The molecule has 2 rings (SSSR count). The number of hydrogen-bond donors (Lipinski definition) is 2.